The number of aromatic amines is 1. The maximum atomic E-state index is 15.0. The van der Waals surface area contributed by atoms with E-state index in [2.05, 4.69) is 111 Å². The van der Waals surface area contributed by atoms with Gasteiger partial charge >= 0.3 is 23.9 Å². The number of primary amides is 1. The predicted octanol–water partition coefficient (Wildman–Crippen LogP) is -9.73. The summed E-state index contributed by atoms with van der Waals surface area (Å²) >= 11 is 2.50. The van der Waals surface area contributed by atoms with Crippen molar-refractivity contribution in [1.29, 1.82) is 16.2 Å². The second-order valence-electron chi connectivity index (χ2n) is 34.9. The molecular formula is C86H151N31O26S2. The summed E-state index contributed by atoms with van der Waals surface area (Å²) in [7, 11) is 0. The average molecular weight is 2100 g/mol. The van der Waals surface area contributed by atoms with E-state index in [1.807, 2.05) is 0 Å². The van der Waals surface area contributed by atoms with Gasteiger partial charge in [0.2, 0.25) is 100 Å². The van der Waals surface area contributed by atoms with Gasteiger partial charge in [0, 0.05) is 63.6 Å². The first kappa shape index (κ1) is 129. The largest absolute Gasteiger partial charge is 0.481 e. The SMILES string of the molecule is CSCC[C@H](NC(=O)[C@@H](NC(=O)[C@H](CCC(N)=O)NC(=O)[C@H](CO)NC(=O)[C@H](CCSC)NC(=O)[C@H](CCCNC(=N)N)NC(=O)[C@H](CCC(=O)O)NC(=O)[C@H](CCCNC(=N)N)NC(=O)[C@H](Cc1cnc[nH]1)NC(=O)[C@H](CCCCN)NC(=O)[C@H](C)NC(=O)[C@H](CCC(=O)O)NC(=O)[C@H](CC(C)C)NC(=O)[C@H](CCCNC(=N)N)NC(=O)[C@H](CCC(=O)O)NC(=O)[C@H](CCCCN)NC(=O)[C@H](C)N)C(C)C)C(=O)O. The number of carboxylic acids is 4. The van der Waals surface area contributed by atoms with Gasteiger partial charge in [-0.05, 0) is 185 Å². The van der Waals surface area contributed by atoms with E-state index in [0.29, 0.717) is 18.6 Å². The van der Waals surface area contributed by atoms with E-state index < -0.39 is 321 Å². The van der Waals surface area contributed by atoms with Crippen molar-refractivity contribution in [3.05, 3.63) is 18.2 Å². The molecule has 0 fully saturated rings. The number of thioether (sulfide) groups is 2. The minimum atomic E-state index is -1.92. The average Bonchev–Trinajstić information content (AvgIpc) is 1.84. The van der Waals surface area contributed by atoms with Gasteiger partial charge in [0.15, 0.2) is 17.9 Å². The fraction of sp³-hybridized carbons (Fsp3) is 0.686. The number of guanidine groups is 3. The van der Waals surface area contributed by atoms with Crippen LogP contribution in [-0.2, 0) is 107 Å². The zero-order valence-corrected chi connectivity index (χ0v) is 84.5. The quantitative estimate of drug-likeness (QED) is 0.0164. The lowest BCUT2D eigenvalue weighted by atomic mass is 10.0. The first-order valence-electron chi connectivity index (χ1n) is 47.3. The number of nitrogens with two attached hydrogens (primary N) is 7. The van der Waals surface area contributed by atoms with Gasteiger partial charge in [-0.15, -0.1) is 0 Å². The van der Waals surface area contributed by atoms with E-state index >= 15 is 4.79 Å². The number of hydrogen-bond acceptors (Lipinski definition) is 31. The molecule has 0 aliphatic rings. The third-order valence-electron chi connectivity index (χ3n) is 21.8. The number of unbranched alkanes of at least 4 members (excludes halogenated alkanes) is 2. The number of carbonyl (C=O) groups is 21. The molecule has 818 valence electrons. The van der Waals surface area contributed by atoms with Crippen molar-refractivity contribution in [3.8, 4) is 0 Å². The maximum absolute atomic E-state index is 15.0. The molecule has 1 heterocycles. The summed E-state index contributed by atoms with van der Waals surface area (Å²) in [6, 6.07) is -27.4. The topological polar surface area (TPSA) is 971 Å². The van der Waals surface area contributed by atoms with Crippen LogP contribution >= 0.6 is 23.5 Å². The summed E-state index contributed by atoms with van der Waals surface area (Å²) < 4.78 is 0. The maximum Gasteiger partial charge on any atom is 0.326 e. The minimum absolute atomic E-state index is 0.00795. The Morgan fingerprint density at radius 1 is 0.352 bits per heavy atom. The normalized spacial score (nSPS) is 14.6. The van der Waals surface area contributed by atoms with Crippen LogP contribution in [0, 0.1) is 28.1 Å². The fourth-order valence-electron chi connectivity index (χ4n) is 13.8. The van der Waals surface area contributed by atoms with Gasteiger partial charge in [-0.25, -0.2) is 9.78 Å². The molecule has 0 unspecified atom stereocenters. The Labute approximate surface area is 847 Å². The van der Waals surface area contributed by atoms with Crippen molar-refractivity contribution in [2.75, 3.05) is 63.3 Å². The van der Waals surface area contributed by atoms with Gasteiger partial charge in [0.05, 0.1) is 19.0 Å². The number of aliphatic hydroxyl groups excluding tert-OH is 1. The molecule has 145 heavy (non-hydrogen) atoms. The zero-order valence-electron chi connectivity index (χ0n) is 82.9. The number of imidazole rings is 1. The highest BCUT2D eigenvalue weighted by Crippen LogP contribution is 2.17. The molecular weight excluding hydrogens is 1950 g/mol. The lowest BCUT2D eigenvalue weighted by Crippen LogP contribution is -2.61. The third kappa shape index (κ3) is 54.6. The van der Waals surface area contributed by atoms with Crippen LogP contribution in [0.5, 0.6) is 0 Å². The molecule has 57 nitrogen and oxygen atoms in total. The van der Waals surface area contributed by atoms with Gasteiger partial charge < -0.3 is 172 Å². The molecule has 0 aromatic carbocycles. The summed E-state index contributed by atoms with van der Waals surface area (Å²) in [5.41, 5.74) is 39.4. The van der Waals surface area contributed by atoms with Crippen molar-refractivity contribution in [1.82, 2.24) is 111 Å². The Balaban J connectivity index is 3.94. The number of rotatable bonds is 77. The molecule has 0 saturated carbocycles. The van der Waals surface area contributed by atoms with Crippen LogP contribution in [-0.4, -0.2) is 344 Å². The van der Waals surface area contributed by atoms with Crippen LogP contribution in [0.3, 0.4) is 0 Å². The van der Waals surface area contributed by atoms with Gasteiger partial charge in [0.1, 0.15) is 96.7 Å². The number of aliphatic hydroxyl groups is 1. The molecule has 59 heteroatoms. The summed E-state index contributed by atoms with van der Waals surface area (Å²) in [5, 5.41) is 120. The molecule has 0 saturated heterocycles. The molecule has 1 aromatic heterocycles. The standard InChI is InChI=1S/C86H151N31O26S2/c1-43(2)38-59(114-74(133)52(20-15-35-100-86(95)96)106-76(135)55(23-27-64(122)123)108-70(129)48(16-9-11-31-87)103-67(126)45(5)89)79(138)110-54(22-26-63(120)121)69(128)102-46(6)68(127)104-49(17-10-12-32-88)73(132)115-60(39-47-40-97-42-101-47)80(139)107-51(19-14-34-99-85(93)94)71(130)109-56(24-28-65(124)125)75(134)105-50(18-13-33-98-84(91)92)72(131)112-57(29-36-144-7)77(136)116-61(41-118)81(140)111-53(21-25-62(90)119)78(137)117-66(44(3)4)82(141)113-58(83(142)143)30-37-145-8/h40,42-46,48-61,66,118H,9-39,41,87-89H2,1-8H3,(H2,90,119)(H,97,101)(H,102,128)(H,103,126)(H,104,127)(H,105,134)(H,106,135)(H,107,139)(H,108,129)(H,109,130)(H,110,138)(H,111,140)(H,112,131)(H,113,141)(H,114,133)(H,115,132)(H,116,136)(H,117,137)(H,120,121)(H,122,123)(H,124,125)(H,142,143)(H4,91,92,98)(H4,93,94,99)(H4,95,96,100)/t45-,46-,48-,49-,50-,51-,52-,53-,54-,55-,56-,57-,58-,59-,60-,61-,66-/m0/s1. The molecule has 17 amide bonds. The van der Waals surface area contributed by atoms with E-state index in [9.17, 15) is 121 Å². The fourth-order valence-corrected chi connectivity index (χ4v) is 14.8. The molecule has 1 rings (SSSR count). The summed E-state index contributed by atoms with van der Waals surface area (Å²) in [5.74, 6) is -26.0. The number of carboxylic acid groups (broad SMARTS) is 4. The lowest BCUT2D eigenvalue weighted by molar-refractivity contribution is -0.142. The summed E-state index contributed by atoms with van der Waals surface area (Å²) in [6.45, 7) is 7.69. The highest BCUT2D eigenvalue weighted by Gasteiger charge is 2.41. The number of hydrogen-bond donors (Lipinski definition) is 35. The molecule has 1 aromatic rings. The van der Waals surface area contributed by atoms with Crippen LogP contribution in [0.2, 0.25) is 0 Å². The third-order valence-corrected chi connectivity index (χ3v) is 23.1. The monoisotopic (exact) mass is 2100 g/mol. The highest BCUT2D eigenvalue weighted by atomic mass is 32.2. The first-order chi connectivity index (χ1) is 68.3. The van der Waals surface area contributed by atoms with Gasteiger partial charge in [-0.3, -0.25) is 112 Å². The van der Waals surface area contributed by atoms with Crippen molar-refractivity contribution in [3.63, 3.8) is 0 Å². The Kier molecular flexibility index (Phi) is 63.4. The molecule has 17 atom stereocenters. The molecule has 0 bridgehead atoms. The second kappa shape index (κ2) is 71.0. The van der Waals surface area contributed by atoms with Crippen LogP contribution < -0.4 is 141 Å². The van der Waals surface area contributed by atoms with Gasteiger partial charge in [0.25, 0.3) is 0 Å². The van der Waals surface area contributed by atoms with Crippen LogP contribution in [0.1, 0.15) is 195 Å². The van der Waals surface area contributed by atoms with Crippen molar-refractivity contribution >= 4 is 166 Å². The number of carbonyl (C=O) groups excluding carboxylic acids is 17. The van der Waals surface area contributed by atoms with E-state index in [-0.39, 0.29) is 128 Å². The Morgan fingerprint density at radius 3 is 0.959 bits per heavy atom. The molecule has 42 N–H and O–H groups in total. The van der Waals surface area contributed by atoms with E-state index in [4.69, 9.17) is 56.4 Å². The number of nitrogens with zero attached hydrogens (tertiary/aromatic N) is 1. The molecule has 0 radical (unpaired) electrons. The van der Waals surface area contributed by atoms with E-state index in [1.54, 1.807) is 26.4 Å². The Hall–Kier alpha value is -13.6. The number of aliphatic carboxylic acids is 4. The second-order valence-corrected chi connectivity index (χ2v) is 36.9. The minimum Gasteiger partial charge on any atom is -0.481 e. The number of nitrogens with one attached hydrogen (secondary N) is 23. The number of aromatic nitrogens is 2. The van der Waals surface area contributed by atoms with Crippen LogP contribution in [0.25, 0.3) is 0 Å². The van der Waals surface area contributed by atoms with E-state index in [1.165, 1.54) is 56.8 Å². The van der Waals surface area contributed by atoms with Crippen molar-refractivity contribution in [2.24, 2.45) is 52.0 Å². The van der Waals surface area contributed by atoms with Crippen LogP contribution in [0.4, 0.5) is 0 Å². The first-order valence-corrected chi connectivity index (χ1v) is 50.1. The molecule has 0 spiro atoms. The molecule has 0 aliphatic carbocycles. The number of H-pyrrole nitrogens is 1. The van der Waals surface area contributed by atoms with E-state index in [0.717, 1.165) is 6.92 Å². The van der Waals surface area contributed by atoms with Crippen molar-refractivity contribution < 1.29 is 126 Å². The van der Waals surface area contributed by atoms with Crippen LogP contribution in [0.15, 0.2) is 12.5 Å². The highest BCUT2D eigenvalue weighted by molar-refractivity contribution is 7.98. The Bertz CT molecular complexity index is 4450. The number of amides is 17. The van der Waals surface area contributed by atoms with Crippen molar-refractivity contribution in [2.45, 2.75) is 298 Å². The predicted molar refractivity (Wildman–Crippen MR) is 530 cm³/mol. The summed E-state index contributed by atoms with van der Waals surface area (Å²) in [6.07, 6.45) is -0.530. The zero-order chi connectivity index (χ0) is 110. The lowest BCUT2D eigenvalue weighted by Gasteiger charge is -2.28. The summed E-state index contributed by atoms with van der Waals surface area (Å²) in [4.78, 5) is 296. The Morgan fingerprint density at radius 2 is 0.641 bits per heavy atom. The smallest absolute Gasteiger partial charge is 0.326 e. The molecule has 0 aliphatic heterocycles. The van der Waals surface area contributed by atoms with Gasteiger partial charge in [-0.1, -0.05) is 27.7 Å². The van der Waals surface area contributed by atoms with Gasteiger partial charge in [-0.2, -0.15) is 23.5 Å².